The highest BCUT2D eigenvalue weighted by Gasteiger charge is 2.38. The summed E-state index contributed by atoms with van der Waals surface area (Å²) in [7, 11) is -3.53. The minimum absolute atomic E-state index is 0.00158. The van der Waals surface area contributed by atoms with Gasteiger partial charge in [0.05, 0.1) is 26.9 Å². The highest BCUT2D eigenvalue weighted by Crippen LogP contribution is 2.36. The van der Waals surface area contributed by atoms with Gasteiger partial charge in [0, 0.05) is 31.9 Å². The van der Waals surface area contributed by atoms with Gasteiger partial charge in [-0.25, -0.2) is 8.42 Å². The summed E-state index contributed by atoms with van der Waals surface area (Å²) >= 11 is 0. The molecule has 0 bridgehead atoms. The Bertz CT molecular complexity index is 1280. The molecule has 5 rings (SSSR count). The lowest BCUT2D eigenvalue weighted by atomic mass is 10.1. The largest absolute Gasteiger partial charge is 0.368 e. The molecule has 0 saturated carbocycles. The molecule has 160 valence electrons. The first-order valence-corrected chi connectivity index (χ1v) is 11.8. The van der Waals surface area contributed by atoms with Crippen LogP contribution in [0.25, 0.3) is 10.9 Å². The number of hydrogen-bond donors (Lipinski definition) is 0. The lowest BCUT2D eigenvalue weighted by molar-refractivity contribution is -0.383. The molecule has 0 spiro atoms. The summed E-state index contributed by atoms with van der Waals surface area (Å²) in [6.07, 6.45) is 3.65. The van der Waals surface area contributed by atoms with E-state index in [4.69, 9.17) is 0 Å². The molecule has 0 N–H and O–H groups in total. The number of anilines is 2. The van der Waals surface area contributed by atoms with Crippen molar-refractivity contribution < 1.29 is 13.3 Å². The Morgan fingerprint density at radius 2 is 1.87 bits per heavy atom. The molecule has 0 aliphatic carbocycles. The van der Waals surface area contributed by atoms with E-state index in [2.05, 4.69) is 4.98 Å². The minimum Gasteiger partial charge on any atom is -0.368 e. The Kier molecular flexibility index (Phi) is 4.77. The average molecular weight is 439 g/mol. The van der Waals surface area contributed by atoms with Crippen LogP contribution in [-0.2, 0) is 16.4 Å². The molecule has 3 aromatic rings. The summed E-state index contributed by atoms with van der Waals surface area (Å²) in [6, 6.07) is 14.2. The second kappa shape index (κ2) is 7.49. The molecule has 1 saturated heterocycles. The smallest absolute Gasteiger partial charge is 0.278 e. The summed E-state index contributed by atoms with van der Waals surface area (Å²) < 4.78 is 28.6. The van der Waals surface area contributed by atoms with Crippen molar-refractivity contribution in [2.75, 3.05) is 28.8 Å². The first-order valence-electron chi connectivity index (χ1n) is 10.3. The molecule has 1 atom stereocenters. The fourth-order valence-corrected chi connectivity index (χ4v) is 6.70. The lowest BCUT2D eigenvalue weighted by Crippen LogP contribution is -2.47. The molecular weight excluding hydrogens is 416 g/mol. The molecule has 31 heavy (non-hydrogen) atoms. The summed E-state index contributed by atoms with van der Waals surface area (Å²) in [5.41, 5.74) is 3.11. The van der Waals surface area contributed by atoms with E-state index in [0.29, 0.717) is 37.0 Å². The maximum atomic E-state index is 13.5. The normalized spacial score (nSPS) is 18.9. The van der Waals surface area contributed by atoms with Gasteiger partial charge in [-0.2, -0.15) is 0 Å². The molecule has 9 heteroatoms. The van der Waals surface area contributed by atoms with Crippen molar-refractivity contribution in [1.29, 1.82) is 0 Å². The van der Waals surface area contributed by atoms with Crippen molar-refractivity contribution in [3.05, 3.63) is 70.4 Å². The molecule has 2 aromatic carbocycles. The summed E-state index contributed by atoms with van der Waals surface area (Å²) in [4.78, 5) is 17.4. The number of nitro groups is 1. The van der Waals surface area contributed by atoms with E-state index in [-0.39, 0.29) is 5.69 Å². The second-order valence-electron chi connectivity index (χ2n) is 7.97. The number of nitro benzene ring substituents is 1. The predicted octanol–water partition coefficient (Wildman–Crippen LogP) is 3.50. The fourth-order valence-electron chi connectivity index (χ4n) is 4.71. The average Bonchev–Trinajstić information content (AvgIpc) is 3.23. The van der Waals surface area contributed by atoms with Crippen molar-refractivity contribution in [2.24, 2.45) is 0 Å². The van der Waals surface area contributed by atoms with Gasteiger partial charge in [0.1, 0.15) is 5.52 Å². The SMILES string of the molecule is O=[N+]([O-])c1ccc(N2CCCC(S(=O)(=O)N3CCc4ccccc43)C2)c2ncccc12. The number of nitrogens with zero attached hydrogens (tertiary/aromatic N) is 4. The van der Waals surface area contributed by atoms with Gasteiger partial charge in [0.15, 0.2) is 0 Å². The Morgan fingerprint density at radius 1 is 1.03 bits per heavy atom. The first-order chi connectivity index (χ1) is 15.0. The van der Waals surface area contributed by atoms with Gasteiger partial charge in [-0.05, 0) is 49.1 Å². The number of sulfonamides is 1. The van der Waals surface area contributed by atoms with Crippen LogP contribution in [0.1, 0.15) is 18.4 Å². The van der Waals surface area contributed by atoms with Crippen molar-refractivity contribution in [2.45, 2.75) is 24.5 Å². The molecule has 8 nitrogen and oxygen atoms in total. The number of piperidine rings is 1. The van der Waals surface area contributed by atoms with E-state index >= 15 is 0 Å². The van der Waals surface area contributed by atoms with Crippen molar-refractivity contribution in [3.8, 4) is 0 Å². The van der Waals surface area contributed by atoms with Crippen LogP contribution in [0.3, 0.4) is 0 Å². The number of aromatic nitrogens is 1. The molecule has 1 fully saturated rings. The molecular formula is C22H22N4O4S. The van der Waals surface area contributed by atoms with E-state index < -0.39 is 20.2 Å². The predicted molar refractivity (Wildman–Crippen MR) is 120 cm³/mol. The fraction of sp³-hybridized carbons (Fsp3) is 0.318. The van der Waals surface area contributed by atoms with Gasteiger partial charge in [-0.1, -0.05) is 18.2 Å². The second-order valence-corrected chi connectivity index (χ2v) is 10.1. The van der Waals surface area contributed by atoms with Crippen LogP contribution in [-0.4, -0.2) is 43.2 Å². The number of rotatable bonds is 4. The van der Waals surface area contributed by atoms with Crippen LogP contribution in [0.2, 0.25) is 0 Å². The number of non-ortho nitro benzene ring substituents is 1. The highest BCUT2D eigenvalue weighted by atomic mass is 32.2. The summed E-state index contributed by atoms with van der Waals surface area (Å²) in [5, 5.41) is 11.3. The molecule has 1 unspecified atom stereocenters. The third-order valence-electron chi connectivity index (χ3n) is 6.21. The van der Waals surface area contributed by atoms with E-state index in [1.165, 1.54) is 6.07 Å². The summed E-state index contributed by atoms with van der Waals surface area (Å²) in [6.45, 7) is 1.50. The van der Waals surface area contributed by atoms with Crippen LogP contribution in [0.4, 0.5) is 17.1 Å². The molecule has 0 radical (unpaired) electrons. The van der Waals surface area contributed by atoms with Gasteiger partial charge in [-0.3, -0.25) is 19.4 Å². The number of fused-ring (bicyclic) bond motifs is 2. The number of para-hydroxylation sites is 1. The first kappa shape index (κ1) is 19.7. The maximum absolute atomic E-state index is 13.5. The Hall–Kier alpha value is -3.20. The maximum Gasteiger partial charge on any atom is 0.278 e. The zero-order chi connectivity index (χ0) is 21.6. The van der Waals surface area contributed by atoms with Crippen molar-refractivity contribution in [3.63, 3.8) is 0 Å². The van der Waals surface area contributed by atoms with Crippen LogP contribution >= 0.6 is 0 Å². The molecule has 1 aromatic heterocycles. The van der Waals surface area contributed by atoms with Crippen molar-refractivity contribution in [1.82, 2.24) is 4.98 Å². The Morgan fingerprint density at radius 3 is 2.71 bits per heavy atom. The zero-order valence-electron chi connectivity index (χ0n) is 16.8. The molecule has 0 amide bonds. The minimum atomic E-state index is -3.53. The summed E-state index contributed by atoms with van der Waals surface area (Å²) in [5.74, 6) is 0. The number of hydrogen-bond acceptors (Lipinski definition) is 6. The van der Waals surface area contributed by atoms with E-state index in [0.717, 1.165) is 29.8 Å². The van der Waals surface area contributed by atoms with Crippen LogP contribution in [0.5, 0.6) is 0 Å². The quantitative estimate of drug-likeness (QED) is 0.457. The Labute approximate surface area is 180 Å². The lowest BCUT2D eigenvalue weighted by Gasteiger charge is -2.36. The molecule has 2 aliphatic rings. The van der Waals surface area contributed by atoms with Crippen molar-refractivity contribution >= 4 is 38.0 Å². The van der Waals surface area contributed by atoms with E-state index in [9.17, 15) is 18.5 Å². The zero-order valence-corrected chi connectivity index (χ0v) is 17.7. The Balaban J connectivity index is 1.48. The molecule has 2 aliphatic heterocycles. The van der Waals surface area contributed by atoms with Gasteiger partial charge < -0.3 is 4.90 Å². The van der Waals surface area contributed by atoms with Crippen LogP contribution in [0.15, 0.2) is 54.7 Å². The van der Waals surface area contributed by atoms with Gasteiger partial charge in [-0.15, -0.1) is 0 Å². The third-order valence-corrected chi connectivity index (χ3v) is 8.43. The standard InChI is InChI=1S/C22H22N4O4S/c27-26(28)20-9-10-21(22-18(20)7-3-12-23-22)24-13-4-6-17(15-24)31(29,30)25-14-11-16-5-1-2-8-19(16)25/h1-3,5,7-10,12,17H,4,6,11,13-15H2. The van der Waals surface area contributed by atoms with Gasteiger partial charge in [0.25, 0.3) is 5.69 Å². The molecule has 3 heterocycles. The third kappa shape index (κ3) is 3.29. The highest BCUT2D eigenvalue weighted by molar-refractivity contribution is 7.93. The van der Waals surface area contributed by atoms with Crippen LogP contribution in [0, 0.1) is 10.1 Å². The van der Waals surface area contributed by atoms with Gasteiger partial charge >= 0.3 is 0 Å². The van der Waals surface area contributed by atoms with E-state index in [1.54, 1.807) is 28.7 Å². The topological polar surface area (TPSA) is 96.7 Å². The van der Waals surface area contributed by atoms with E-state index in [1.807, 2.05) is 29.2 Å². The van der Waals surface area contributed by atoms with Crippen LogP contribution < -0.4 is 9.21 Å². The van der Waals surface area contributed by atoms with Gasteiger partial charge in [0.2, 0.25) is 10.0 Å². The number of benzene rings is 2. The monoisotopic (exact) mass is 438 g/mol. The number of pyridine rings is 1.